The molecule has 8 nitrogen and oxygen atoms in total. The van der Waals surface area contributed by atoms with E-state index >= 15 is 0 Å². The number of anilines is 1. The van der Waals surface area contributed by atoms with Crippen molar-refractivity contribution < 1.29 is 9.59 Å². The number of amides is 2. The molecule has 4 rings (SSSR count). The molecule has 0 radical (unpaired) electrons. The van der Waals surface area contributed by atoms with Crippen LogP contribution in [0.5, 0.6) is 0 Å². The number of piperidine rings is 1. The van der Waals surface area contributed by atoms with E-state index in [1.807, 2.05) is 11.0 Å². The zero-order valence-electron chi connectivity index (χ0n) is 17.6. The molecule has 2 atom stereocenters. The molecule has 0 aliphatic carbocycles. The Morgan fingerprint density at radius 2 is 1.97 bits per heavy atom. The number of carbonyl (C=O) groups excluding carboxylic acids is 2. The van der Waals surface area contributed by atoms with E-state index in [0.29, 0.717) is 26.1 Å². The molecule has 2 aromatic heterocycles. The van der Waals surface area contributed by atoms with Crippen LogP contribution in [-0.4, -0.2) is 44.3 Å². The van der Waals surface area contributed by atoms with Gasteiger partial charge in [0.15, 0.2) is 0 Å². The summed E-state index contributed by atoms with van der Waals surface area (Å²) in [6.07, 6.45) is 5.77. The van der Waals surface area contributed by atoms with Crippen LogP contribution in [-0.2, 0) is 11.3 Å². The van der Waals surface area contributed by atoms with Gasteiger partial charge in [0, 0.05) is 50.1 Å². The summed E-state index contributed by atoms with van der Waals surface area (Å²) < 4.78 is 1.76. The van der Waals surface area contributed by atoms with Crippen molar-refractivity contribution >= 4 is 17.5 Å². The fraction of sp³-hybridized carbons (Fsp3) is 0.500. The molecule has 1 N–H and O–H groups in total. The maximum Gasteiger partial charge on any atom is 0.276 e. The predicted octanol–water partition coefficient (Wildman–Crippen LogP) is 2.27. The smallest absolute Gasteiger partial charge is 0.276 e. The lowest BCUT2D eigenvalue weighted by Gasteiger charge is -2.43. The van der Waals surface area contributed by atoms with Crippen LogP contribution < -0.4 is 10.9 Å². The van der Waals surface area contributed by atoms with E-state index in [2.05, 4.69) is 36.1 Å². The highest BCUT2D eigenvalue weighted by Crippen LogP contribution is 2.36. The largest absolute Gasteiger partial charge is 0.342 e. The van der Waals surface area contributed by atoms with Crippen LogP contribution >= 0.6 is 0 Å². The van der Waals surface area contributed by atoms with Crippen molar-refractivity contribution in [2.75, 3.05) is 18.4 Å². The molecule has 2 bridgehead atoms. The second-order valence-corrected chi connectivity index (χ2v) is 9.47. The summed E-state index contributed by atoms with van der Waals surface area (Å²) in [4.78, 5) is 47.9. The quantitative estimate of drug-likeness (QED) is 0.839. The van der Waals surface area contributed by atoms with Crippen LogP contribution in [0.1, 0.15) is 55.7 Å². The van der Waals surface area contributed by atoms with E-state index in [1.54, 1.807) is 10.6 Å². The van der Waals surface area contributed by atoms with Crippen LogP contribution in [0, 0.1) is 11.3 Å². The number of pyridine rings is 1. The van der Waals surface area contributed by atoms with Gasteiger partial charge in [-0.25, -0.2) is 4.98 Å². The van der Waals surface area contributed by atoms with Crippen molar-refractivity contribution in [3.63, 3.8) is 0 Å². The minimum Gasteiger partial charge on any atom is -0.342 e. The number of nitrogens with zero attached hydrogens (tertiary/aromatic N) is 4. The van der Waals surface area contributed by atoms with Gasteiger partial charge in [0.25, 0.3) is 11.5 Å². The molecule has 4 heterocycles. The lowest BCUT2D eigenvalue weighted by molar-refractivity contribution is -0.135. The maximum absolute atomic E-state index is 13.0. The molecule has 2 amide bonds. The number of rotatable bonds is 3. The lowest BCUT2D eigenvalue weighted by Crippen LogP contribution is -2.49. The van der Waals surface area contributed by atoms with Gasteiger partial charge in [0.05, 0.1) is 6.20 Å². The van der Waals surface area contributed by atoms with Gasteiger partial charge in [0.2, 0.25) is 5.91 Å². The normalized spacial score (nSPS) is 20.4. The summed E-state index contributed by atoms with van der Waals surface area (Å²) in [7, 11) is 0. The Labute approximate surface area is 175 Å². The molecule has 2 aliphatic heterocycles. The predicted molar refractivity (Wildman–Crippen MR) is 112 cm³/mol. The summed E-state index contributed by atoms with van der Waals surface area (Å²) in [6, 6.07) is 3.55. The van der Waals surface area contributed by atoms with E-state index in [9.17, 15) is 14.4 Å². The molecular weight excluding hydrogens is 382 g/mol. The molecule has 1 fully saturated rings. The highest BCUT2D eigenvalue weighted by Gasteiger charge is 2.37. The maximum atomic E-state index is 13.0. The number of aromatic nitrogens is 3. The van der Waals surface area contributed by atoms with Gasteiger partial charge in [-0.1, -0.05) is 20.8 Å². The van der Waals surface area contributed by atoms with Crippen molar-refractivity contribution in [3.8, 4) is 0 Å². The Balaban J connectivity index is 1.54. The Bertz CT molecular complexity index is 1030. The number of hydrogen-bond acceptors (Lipinski definition) is 5. The van der Waals surface area contributed by atoms with Crippen molar-refractivity contribution in [2.24, 2.45) is 11.3 Å². The highest BCUT2D eigenvalue weighted by atomic mass is 16.2. The molecule has 0 saturated carbocycles. The number of likely N-dealkylation sites (tertiary alicyclic amines) is 1. The Morgan fingerprint density at radius 3 is 2.67 bits per heavy atom. The molecule has 0 spiro atoms. The molecule has 0 aromatic carbocycles. The Morgan fingerprint density at radius 1 is 1.17 bits per heavy atom. The molecule has 2 aromatic rings. The van der Waals surface area contributed by atoms with Crippen LogP contribution in [0.2, 0.25) is 0 Å². The van der Waals surface area contributed by atoms with E-state index in [1.165, 1.54) is 18.6 Å². The SMILES string of the molecule is CC(C)(C)CC(=O)N1C[C@@H]2C[C@H](C1)c1ccc(NC(=O)c3cnccn3)c(=O)n1C2. The van der Waals surface area contributed by atoms with E-state index < -0.39 is 5.91 Å². The molecule has 30 heavy (non-hydrogen) atoms. The van der Waals surface area contributed by atoms with Crippen molar-refractivity contribution in [2.45, 2.75) is 46.1 Å². The Hall–Kier alpha value is -3.03. The van der Waals surface area contributed by atoms with E-state index in [0.717, 1.165) is 12.1 Å². The topological polar surface area (TPSA) is 97.2 Å². The first-order valence-electron chi connectivity index (χ1n) is 10.3. The second-order valence-electron chi connectivity index (χ2n) is 9.47. The van der Waals surface area contributed by atoms with Crippen LogP contribution in [0.4, 0.5) is 5.69 Å². The van der Waals surface area contributed by atoms with Crippen LogP contribution in [0.25, 0.3) is 0 Å². The van der Waals surface area contributed by atoms with Crippen molar-refractivity contribution in [1.82, 2.24) is 19.4 Å². The summed E-state index contributed by atoms with van der Waals surface area (Å²) in [5, 5.41) is 2.66. The van der Waals surface area contributed by atoms with Gasteiger partial charge < -0.3 is 14.8 Å². The first-order valence-corrected chi connectivity index (χ1v) is 10.3. The summed E-state index contributed by atoms with van der Waals surface area (Å²) in [6.45, 7) is 8.08. The molecule has 0 unspecified atom stereocenters. The number of hydrogen-bond donors (Lipinski definition) is 1. The molecule has 8 heteroatoms. The third-order valence-electron chi connectivity index (χ3n) is 5.68. The molecule has 158 valence electrons. The van der Waals surface area contributed by atoms with E-state index in [4.69, 9.17) is 0 Å². The second kappa shape index (κ2) is 7.66. The lowest BCUT2D eigenvalue weighted by atomic mass is 9.82. The van der Waals surface area contributed by atoms with Crippen LogP contribution in [0.15, 0.2) is 35.5 Å². The van der Waals surface area contributed by atoms with Gasteiger partial charge in [-0.2, -0.15) is 0 Å². The summed E-state index contributed by atoms with van der Waals surface area (Å²) in [5.41, 5.74) is 1.06. The van der Waals surface area contributed by atoms with Gasteiger partial charge in [-0.3, -0.25) is 19.4 Å². The van der Waals surface area contributed by atoms with Gasteiger partial charge in [-0.05, 0) is 29.9 Å². The fourth-order valence-electron chi connectivity index (χ4n) is 4.41. The zero-order chi connectivity index (χ0) is 21.5. The first-order chi connectivity index (χ1) is 14.2. The van der Waals surface area contributed by atoms with Gasteiger partial charge >= 0.3 is 0 Å². The monoisotopic (exact) mass is 409 g/mol. The number of carbonyl (C=O) groups is 2. The molecular formula is C22H27N5O3. The average Bonchev–Trinajstić information content (AvgIpc) is 2.69. The molecule has 2 aliphatic rings. The van der Waals surface area contributed by atoms with Crippen molar-refractivity contribution in [3.05, 3.63) is 52.5 Å². The number of nitrogens with one attached hydrogen (secondary N) is 1. The third kappa shape index (κ3) is 4.13. The zero-order valence-corrected chi connectivity index (χ0v) is 17.6. The standard InChI is InChI=1S/C22H27N5O3/c1-22(2,3)9-19(28)26-11-14-8-15(13-26)18-5-4-16(21(30)27(18)12-14)25-20(29)17-10-23-6-7-24-17/h4-7,10,14-15H,8-9,11-13H2,1-3H3,(H,25,29)/t14-,15+/m0/s1. The number of fused-ring (bicyclic) bond motifs is 4. The van der Waals surface area contributed by atoms with E-state index in [-0.39, 0.29) is 40.1 Å². The third-order valence-corrected chi connectivity index (χ3v) is 5.68. The Kier molecular flexibility index (Phi) is 5.17. The van der Waals surface area contributed by atoms with Crippen molar-refractivity contribution in [1.29, 1.82) is 0 Å². The highest BCUT2D eigenvalue weighted by molar-refractivity contribution is 6.02. The van der Waals surface area contributed by atoms with Gasteiger partial charge in [-0.15, -0.1) is 0 Å². The average molecular weight is 409 g/mol. The minimum absolute atomic E-state index is 0.0469. The summed E-state index contributed by atoms with van der Waals surface area (Å²) in [5.74, 6) is 0.0965. The fourth-order valence-corrected chi connectivity index (χ4v) is 4.41. The first kappa shape index (κ1) is 20.3. The molecule has 1 saturated heterocycles. The summed E-state index contributed by atoms with van der Waals surface area (Å²) >= 11 is 0. The minimum atomic E-state index is -0.462. The van der Waals surface area contributed by atoms with Gasteiger partial charge in [0.1, 0.15) is 11.4 Å². The van der Waals surface area contributed by atoms with Crippen LogP contribution in [0.3, 0.4) is 0 Å².